The summed E-state index contributed by atoms with van der Waals surface area (Å²) in [6.45, 7) is 3.73. The average Bonchev–Trinajstić information content (AvgIpc) is 2.94. The summed E-state index contributed by atoms with van der Waals surface area (Å²) in [4.78, 5) is 1.90. The van der Waals surface area contributed by atoms with Crippen molar-refractivity contribution in [2.45, 2.75) is 19.0 Å². The van der Waals surface area contributed by atoms with Crippen molar-refractivity contribution in [1.82, 2.24) is 15.5 Å². The van der Waals surface area contributed by atoms with Gasteiger partial charge in [0.05, 0.1) is 6.61 Å². The normalized spacial score (nSPS) is 20.0. The number of rotatable bonds is 6. The van der Waals surface area contributed by atoms with Gasteiger partial charge in [-0.2, -0.15) is 13.2 Å². The molecule has 120 valence electrons. The Balaban J connectivity index is 1.87. The number of nitrogens with one attached hydrogen (secondary N) is 1. The maximum absolute atomic E-state index is 12.6. The van der Waals surface area contributed by atoms with Crippen LogP contribution >= 0.6 is 11.3 Å². The second-order valence-corrected chi connectivity index (χ2v) is 5.99. The summed E-state index contributed by atoms with van der Waals surface area (Å²) in [5.41, 5.74) is 0. The van der Waals surface area contributed by atoms with E-state index in [0.717, 1.165) is 32.5 Å². The number of hydrogen-bond acceptors (Lipinski definition) is 6. The lowest BCUT2D eigenvalue weighted by atomic mass is 9.98. The van der Waals surface area contributed by atoms with E-state index < -0.39 is 11.2 Å². The molecule has 1 aromatic rings. The van der Waals surface area contributed by atoms with Gasteiger partial charge in [-0.15, -0.1) is 10.2 Å². The predicted octanol–water partition coefficient (Wildman–Crippen LogP) is 2.01. The van der Waals surface area contributed by atoms with E-state index in [1.807, 2.05) is 4.90 Å². The minimum absolute atomic E-state index is 0.365. The fourth-order valence-corrected chi connectivity index (χ4v) is 3.09. The standard InChI is InChI=1S/C12H19F3N4OS/c1-20-6-4-16-7-9-3-2-5-19(8-9)11-18-17-10(21-11)12(13,14)15/h9,16H,2-8H2,1H3. The maximum Gasteiger partial charge on any atom is 0.445 e. The molecule has 0 aliphatic carbocycles. The summed E-state index contributed by atoms with van der Waals surface area (Å²) in [6.07, 6.45) is -2.38. The first-order valence-corrected chi connectivity index (χ1v) is 7.67. The van der Waals surface area contributed by atoms with E-state index in [1.165, 1.54) is 0 Å². The monoisotopic (exact) mass is 324 g/mol. The Labute approximate surface area is 125 Å². The quantitative estimate of drug-likeness (QED) is 0.811. The Bertz CT molecular complexity index is 440. The van der Waals surface area contributed by atoms with E-state index in [2.05, 4.69) is 15.5 Å². The van der Waals surface area contributed by atoms with Gasteiger partial charge in [-0.3, -0.25) is 0 Å². The lowest BCUT2D eigenvalue weighted by Crippen LogP contribution is -2.40. The van der Waals surface area contributed by atoms with E-state index in [-0.39, 0.29) is 0 Å². The molecule has 5 nitrogen and oxygen atoms in total. The molecule has 0 saturated carbocycles. The number of methoxy groups -OCH3 is 1. The number of nitrogens with zero attached hydrogens (tertiary/aromatic N) is 3. The molecule has 9 heteroatoms. The van der Waals surface area contributed by atoms with Crippen molar-refractivity contribution in [2.24, 2.45) is 5.92 Å². The van der Waals surface area contributed by atoms with Crippen LogP contribution in [0.25, 0.3) is 0 Å². The highest BCUT2D eigenvalue weighted by Gasteiger charge is 2.36. The number of ether oxygens (including phenoxy) is 1. The van der Waals surface area contributed by atoms with Crippen molar-refractivity contribution in [1.29, 1.82) is 0 Å². The third-order valence-electron chi connectivity index (χ3n) is 3.36. The van der Waals surface area contributed by atoms with Gasteiger partial charge in [-0.1, -0.05) is 11.3 Å². The second kappa shape index (κ2) is 7.37. The molecule has 1 fully saturated rings. The molecule has 1 aromatic heterocycles. The van der Waals surface area contributed by atoms with Crippen LogP contribution in [0, 0.1) is 5.92 Å². The van der Waals surface area contributed by atoms with Crippen LogP contribution in [0.4, 0.5) is 18.3 Å². The fourth-order valence-electron chi connectivity index (χ4n) is 2.34. The zero-order chi connectivity index (χ0) is 15.3. The minimum atomic E-state index is -4.41. The van der Waals surface area contributed by atoms with E-state index in [1.54, 1.807) is 7.11 Å². The van der Waals surface area contributed by atoms with Crippen LogP contribution in [0.1, 0.15) is 17.8 Å². The van der Waals surface area contributed by atoms with Crippen LogP contribution < -0.4 is 10.2 Å². The molecule has 2 rings (SSSR count). The van der Waals surface area contributed by atoms with E-state index >= 15 is 0 Å². The predicted molar refractivity (Wildman–Crippen MR) is 74.6 cm³/mol. The highest BCUT2D eigenvalue weighted by atomic mass is 32.1. The van der Waals surface area contributed by atoms with Gasteiger partial charge < -0.3 is 15.0 Å². The van der Waals surface area contributed by atoms with Crippen molar-refractivity contribution < 1.29 is 17.9 Å². The second-order valence-electron chi connectivity index (χ2n) is 5.04. The number of hydrogen-bond donors (Lipinski definition) is 1. The molecule has 0 aromatic carbocycles. The first-order valence-electron chi connectivity index (χ1n) is 6.86. The van der Waals surface area contributed by atoms with Gasteiger partial charge in [0.15, 0.2) is 0 Å². The van der Waals surface area contributed by atoms with Crippen LogP contribution in [0.5, 0.6) is 0 Å². The zero-order valence-corrected chi connectivity index (χ0v) is 12.6. The Kier molecular flexibility index (Phi) is 5.77. The molecule has 2 heterocycles. The Morgan fingerprint density at radius 3 is 2.90 bits per heavy atom. The minimum Gasteiger partial charge on any atom is -0.383 e. The third kappa shape index (κ3) is 4.79. The number of piperidine rings is 1. The van der Waals surface area contributed by atoms with E-state index in [0.29, 0.717) is 35.5 Å². The summed E-state index contributed by atoms with van der Waals surface area (Å²) in [5, 5.41) is 9.71. The molecular formula is C12H19F3N4OS. The molecule has 1 atom stereocenters. The Hall–Kier alpha value is -0.930. The fraction of sp³-hybridized carbons (Fsp3) is 0.833. The SMILES string of the molecule is COCCNCC1CCCN(c2nnc(C(F)(F)F)s2)C1. The highest BCUT2D eigenvalue weighted by Crippen LogP contribution is 2.35. The molecule has 0 bridgehead atoms. The molecule has 1 saturated heterocycles. The van der Waals surface area contributed by atoms with Gasteiger partial charge in [0.25, 0.3) is 0 Å². The average molecular weight is 324 g/mol. The molecule has 0 radical (unpaired) electrons. The number of anilines is 1. The maximum atomic E-state index is 12.6. The van der Waals surface area contributed by atoms with E-state index in [4.69, 9.17) is 4.74 Å². The number of halogens is 3. The molecule has 1 N–H and O–H groups in total. The van der Waals surface area contributed by atoms with Crippen LogP contribution in [-0.4, -0.2) is 50.1 Å². The molecule has 0 amide bonds. The summed E-state index contributed by atoms with van der Waals surface area (Å²) >= 11 is 0.619. The highest BCUT2D eigenvalue weighted by molar-refractivity contribution is 7.15. The molecule has 1 unspecified atom stereocenters. The number of alkyl halides is 3. The summed E-state index contributed by atoms with van der Waals surface area (Å²) < 4.78 is 42.6. The van der Waals surface area contributed by atoms with Gasteiger partial charge in [0, 0.05) is 26.7 Å². The van der Waals surface area contributed by atoms with Gasteiger partial charge in [0.2, 0.25) is 10.1 Å². The zero-order valence-electron chi connectivity index (χ0n) is 11.8. The third-order valence-corrected chi connectivity index (χ3v) is 4.39. The summed E-state index contributed by atoms with van der Waals surface area (Å²) in [7, 11) is 1.65. The summed E-state index contributed by atoms with van der Waals surface area (Å²) in [6, 6.07) is 0. The first kappa shape index (κ1) is 16.4. The van der Waals surface area contributed by atoms with Crippen LogP contribution in [0.3, 0.4) is 0 Å². The van der Waals surface area contributed by atoms with Gasteiger partial charge in [0.1, 0.15) is 0 Å². The van der Waals surface area contributed by atoms with Crippen molar-refractivity contribution in [3.05, 3.63) is 5.01 Å². The number of aromatic nitrogens is 2. The summed E-state index contributed by atoms with van der Waals surface area (Å²) in [5.74, 6) is 0.411. The van der Waals surface area contributed by atoms with Gasteiger partial charge in [-0.25, -0.2) is 0 Å². The molecular weight excluding hydrogens is 305 g/mol. The largest absolute Gasteiger partial charge is 0.445 e. The van der Waals surface area contributed by atoms with Crippen molar-refractivity contribution in [3.63, 3.8) is 0 Å². The van der Waals surface area contributed by atoms with Crippen LogP contribution in [0.2, 0.25) is 0 Å². The smallest absolute Gasteiger partial charge is 0.383 e. The lowest BCUT2D eigenvalue weighted by Gasteiger charge is -2.32. The molecule has 21 heavy (non-hydrogen) atoms. The topological polar surface area (TPSA) is 50.3 Å². The van der Waals surface area contributed by atoms with E-state index in [9.17, 15) is 13.2 Å². The molecule has 1 aliphatic rings. The van der Waals surface area contributed by atoms with Crippen molar-refractivity contribution in [2.75, 3.05) is 44.8 Å². The van der Waals surface area contributed by atoms with Crippen LogP contribution in [0.15, 0.2) is 0 Å². The van der Waals surface area contributed by atoms with Crippen LogP contribution in [-0.2, 0) is 10.9 Å². The van der Waals surface area contributed by atoms with Gasteiger partial charge in [-0.05, 0) is 25.3 Å². The van der Waals surface area contributed by atoms with Crippen molar-refractivity contribution in [3.8, 4) is 0 Å². The molecule has 1 aliphatic heterocycles. The first-order chi connectivity index (χ1) is 10.0. The molecule has 0 spiro atoms. The van der Waals surface area contributed by atoms with Gasteiger partial charge >= 0.3 is 6.18 Å². The van der Waals surface area contributed by atoms with Crippen molar-refractivity contribution >= 4 is 16.5 Å². The lowest BCUT2D eigenvalue weighted by molar-refractivity contribution is -0.138. The Morgan fingerprint density at radius 2 is 2.24 bits per heavy atom. The Morgan fingerprint density at radius 1 is 1.43 bits per heavy atom.